The van der Waals surface area contributed by atoms with Crippen LogP contribution in [-0.2, 0) is 9.47 Å². The molecule has 0 atom stereocenters. The number of piperazine rings is 1. The van der Waals surface area contributed by atoms with Crippen molar-refractivity contribution in [3.63, 3.8) is 0 Å². The summed E-state index contributed by atoms with van der Waals surface area (Å²) in [5.41, 5.74) is 0. The lowest BCUT2D eigenvalue weighted by Crippen LogP contribution is -2.47. The van der Waals surface area contributed by atoms with Crippen LogP contribution in [0.1, 0.15) is 6.92 Å². The number of amides is 1. The minimum Gasteiger partial charge on any atom is -0.447 e. The normalized spacial score (nSPS) is 17.9. The van der Waals surface area contributed by atoms with Crippen molar-refractivity contribution in [2.45, 2.75) is 6.92 Å². The Balaban J connectivity index is 2.11. The highest BCUT2D eigenvalue weighted by atomic mass is 16.6. The molecule has 0 saturated carbocycles. The molecular weight excluding hydrogens is 196 g/mol. The first-order valence-electron chi connectivity index (χ1n) is 5.42. The van der Waals surface area contributed by atoms with Gasteiger partial charge in [0, 0.05) is 32.8 Å². The van der Waals surface area contributed by atoms with Gasteiger partial charge in [-0.2, -0.15) is 0 Å². The quantitative estimate of drug-likeness (QED) is 0.638. The van der Waals surface area contributed by atoms with Gasteiger partial charge in [-0.3, -0.25) is 0 Å². The van der Waals surface area contributed by atoms with E-state index in [1.54, 1.807) is 4.90 Å². The van der Waals surface area contributed by atoms with Crippen LogP contribution in [0.2, 0.25) is 0 Å². The van der Waals surface area contributed by atoms with Gasteiger partial charge in [-0.25, -0.2) is 4.79 Å². The molecule has 1 aliphatic heterocycles. The van der Waals surface area contributed by atoms with Gasteiger partial charge in [-0.1, -0.05) is 0 Å². The van der Waals surface area contributed by atoms with E-state index in [9.17, 15) is 4.79 Å². The summed E-state index contributed by atoms with van der Waals surface area (Å²) < 4.78 is 10.1. The van der Waals surface area contributed by atoms with E-state index >= 15 is 0 Å². The van der Waals surface area contributed by atoms with Crippen LogP contribution in [0, 0.1) is 0 Å². The molecule has 0 aromatic heterocycles. The van der Waals surface area contributed by atoms with E-state index in [-0.39, 0.29) is 6.09 Å². The van der Waals surface area contributed by atoms with Crippen LogP contribution in [0.25, 0.3) is 0 Å². The molecule has 15 heavy (non-hydrogen) atoms. The summed E-state index contributed by atoms with van der Waals surface area (Å²) >= 11 is 0. The Morgan fingerprint density at radius 3 is 2.47 bits per heavy atom. The van der Waals surface area contributed by atoms with Crippen molar-refractivity contribution in [1.29, 1.82) is 0 Å². The zero-order valence-electron chi connectivity index (χ0n) is 9.57. The lowest BCUT2D eigenvalue weighted by atomic mass is 10.3. The van der Waals surface area contributed by atoms with Crippen molar-refractivity contribution in [1.82, 2.24) is 9.80 Å². The molecule has 1 amide bonds. The topological polar surface area (TPSA) is 42.0 Å². The molecule has 0 aromatic rings. The van der Waals surface area contributed by atoms with E-state index in [2.05, 4.69) is 11.9 Å². The minimum atomic E-state index is -0.220. The van der Waals surface area contributed by atoms with Crippen LogP contribution < -0.4 is 0 Å². The van der Waals surface area contributed by atoms with Crippen molar-refractivity contribution in [2.24, 2.45) is 0 Å². The number of hydrogen-bond acceptors (Lipinski definition) is 4. The van der Waals surface area contributed by atoms with Crippen LogP contribution >= 0.6 is 0 Å². The number of ether oxygens (including phenoxy) is 2. The van der Waals surface area contributed by atoms with Gasteiger partial charge in [0.05, 0.1) is 6.61 Å². The van der Waals surface area contributed by atoms with E-state index in [1.807, 2.05) is 6.92 Å². The maximum atomic E-state index is 11.5. The molecule has 0 spiro atoms. The summed E-state index contributed by atoms with van der Waals surface area (Å²) in [6.07, 6.45) is -0.220. The lowest BCUT2D eigenvalue weighted by Gasteiger charge is -2.31. The standard InChI is InChI=1S/C10H20N2O3/c1-3-14-8-9-15-10(13)12-6-4-11(2)5-7-12/h3-9H2,1-2H3. The number of carbonyl (C=O) groups is 1. The average molecular weight is 216 g/mol. The number of nitrogens with zero attached hydrogens (tertiary/aromatic N) is 2. The molecule has 5 heteroatoms. The molecule has 1 saturated heterocycles. The third-order valence-corrected chi connectivity index (χ3v) is 2.42. The van der Waals surface area contributed by atoms with Crippen LogP contribution in [0.15, 0.2) is 0 Å². The van der Waals surface area contributed by atoms with Crippen LogP contribution in [0.3, 0.4) is 0 Å². The highest BCUT2D eigenvalue weighted by molar-refractivity contribution is 5.67. The second-order valence-corrected chi connectivity index (χ2v) is 3.60. The smallest absolute Gasteiger partial charge is 0.409 e. The van der Waals surface area contributed by atoms with E-state index in [0.29, 0.717) is 19.8 Å². The summed E-state index contributed by atoms with van der Waals surface area (Å²) in [6.45, 7) is 6.75. The second-order valence-electron chi connectivity index (χ2n) is 3.60. The van der Waals surface area contributed by atoms with Gasteiger partial charge in [0.2, 0.25) is 0 Å². The maximum Gasteiger partial charge on any atom is 0.409 e. The molecular formula is C10H20N2O3. The predicted molar refractivity (Wildman–Crippen MR) is 56.9 cm³/mol. The first-order chi connectivity index (χ1) is 7.24. The van der Waals surface area contributed by atoms with Crippen LogP contribution in [-0.4, -0.2) is 68.9 Å². The van der Waals surface area contributed by atoms with E-state index in [0.717, 1.165) is 26.2 Å². The molecule has 1 aliphatic rings. The van der Waals surface area contributed by atoms with Gasteiger partial charge in [0.15, 0.2) is 0 Å². The average Bonchev–Trinajstić information content (AvgIpc) is 2.25. The van der Waals surface area contributed by atoms with E-state index in [4.69, 9.17) is 9.47 Å². The molecule has 1 fully saturated rings. The van der Waals surface area contributed by atoms with Gasteiger partial charge in [-0.05, 0) is 14.0 Å². The largest absolute Gasteiger partial charge is 0.447 e. The van der Waals surface area contributed by atoms with Crippen LogP contribution in [0.4, 0.5) is 4.79 Å². The Labute approximate surface area is 90.9 Å². The molecule has 0 radical (unpaired) electrons. The Morgan fingerprint density at radius 2 is 1.87 bits per heavy atom. The summed E-state index contributed by atoms with van der Waals surface area (Å²) in [5, 5.41) is 0. The van der Waals surface area contributed by atoms with Crippen molar-refractivity contribution >= 4 is 6.09 Å². The third-order valence-electron chi connectivity index (χ3n) is 2.42. The van der Waals surface area contributed by atoms with Gasteiger partial charge in [0.1, 0.15) is 6.61 Å². The number of carbonyl (C=O) groups excluding carboxylic acids is 1. The van der Waals surface area contributed by atoms with Gasteiger partial charge >= 0.3 is 6.09 Å². The SMILES string of the molecule is CCOCCOC(=O)N1CCN(C)CC1. The summed E-state index contributed by atoms with van der Waals surface area (Å²) in [7, 11) is 2.05. The van der Waals surface area contributed by atoms with Crippen molar-refractivity contribution in [2.75, 3.05) is 53.0 Å². The molecule has 0 bridgehead atoms. The monoisotopic (exact) mass is 216 g/mol. The van der Waals surface area contributed by atoms with Crippen molar-refractivity contribution < 1.29 is 14.3 Å². The second kappa shape index (κ2) is 6.63. The number of likely N-dealkylation sites (N-methyl/N-ethyl adjacent to an activating group) is 1. The highest BCUT2D eigenvalue weighted by Gasteiger charge is 2.19. The first-order valence-corrected chi connectivity index (χ1v) is 5.42. The van der Waals surface area contributed by atoms with E-state index in [1.165, 1.54) is 0 Å². The fourth-order valence-corrected chi connectivity index (χ4v) is 1.41. The zero-order valence-corrected chi connectivity index (χ0v) is 9.57. The first kappa shape index (κ1) is 12.3. The molecule has 0 aliphatic carbocycles. The Bertz CT molecular complexity index is 191. The summed E-state index contributed by atoms with van der Waals surface area (Å²) in [4.78, 5) is 15.4. The molecule has 0 aromatic carbocycles. The summed E-state index contributed by atoms with van der Waals surface area (Å²) in [5.74, 6) is 0. The fourth-order valence-electron chi connectivity index (χ4n) is 1.41. The Morgan fingerprint density at radius 1 is 1.20 bits per heavy atom. The molecule has 5 nitrogen and oxygen atoms in total. The highest BCUT2D eigenvalue weighted by Crippen LogP contribution is 2.01. The number of hydrogen-bond donors (Lipinski definition) is 0. The molecule has 0 N–H and O–H groups in total. The lowest BCUT2D eigenvalue weighted by molar-refractivity contribution is 0.0497. The van der Waals surface area contributed by atoms with Gasteiger partial charge in [-0.15, -0.1) is 0 Å². The van der Waals surface area contributed by atoms with E-state index < -0.39 is 0 Å². The van der Waals surface area contributed by atoms with Crippen LogP contribution in [0.5, 0.6) is 0 Å². The molecule has 1 rings (SSSR count). The number of rotatable bonds is 4. The predicted octanol–water partition coefficient (Wildman–Crippen LogP) is 0.407. The van der Waals surface area contributed by atoms with Gasteiger partial charge < -0.3 is 19.3 Å². The molecule has 88 valence electrons. The zero-order chi connectivity index (χ0) is 11.1. The fraction of sp³-hybridized carbons (Fsp3) is 0.900. The Hall–Kier alpha value is -0.810. The maximum absolute atomic E-state index is 11.5. The third kappa shape index (κ3) is 4.48. The van der Waals surface area contributed by atoms with Gasteiger partial charge in [0.25, 0.3) is 0 Å². The minimum absolute atomic E-state index is 0.220. The Kier molecular flexibility index (Phi) is 5.42. The van der Waals surface area contributed by atoms with Crippen molar-refractivity contribution in [3.05, 3.63) is 0 Å². The summed E-state index contributed by atoms with van der Waals surface area (Å²) in [6, 6.07) is 0. The van der Waals surface area contributed by atoms with Crippen molar-refractivity contribution in [3.8, 4) is 0 Å². The molecule has 0 unspecified atom stereocenters. The molecule has 1 heterocycles.